The molecular weight excluding hydrogens is 238 g/mol. The summed E-state index contributed by atoms with van der Waals surface area (Å²) in [5, 5.41) is 3.38. The van der Waals surface area contributed by atoms with Gasteiger partial charge in [0.2, 0.25) is 0 Å². The van der Waals surface area contributed by atoms with Crippen molar-refractivity contribution in [3.05, 3.63) is 36.2 Å². The van der Waals surface area contributed by atoms with Gasteiger partial charge in [-0.3, -0.25) is 0 Å². The van der Waals surface area contributed by atoms with Gasteiger partial charge in [-0.15, -0.1) is 0 Å². The molecule has 5 heteroatoms. The van der Waals surface area contributed by atoms with Crippen molar-refractivity contribution < 1.29 is 0 Å². The van der Waals surface area contributed by atoms with Crippen LogP contribution in [-0.4, -0.2) is 21.7 Å². The second kappa shape index (κ2) is 5.86. The highest BCUT2D eigenvalue weighted by Crippen LogP contribution is 2.18. The van der Waals surface area contributed by atoms with E-state index in [1.165, 1.54) is 22.8 Å². The van der Waals surface area contributed by atoms with Crippen LogP contribution in [-0.2, 0) is 0 Å². The molecule has 0 aliphatic heterocycles. The Morgan fingerprint density at radius 2 is 2.38 bits per heavy atom. The zero-order valence-electron chi connectivity index (χ0n) is 9.01. The molecule has 2 rings (SSSR count). The van der Waals surface area contributed by atoms with E-state index in [9.17, 15) is 0 Å². The lowest BCUT2D eigenvalue weighted by Crippen LogP contribution is -2.03. The van der Waals surface area contributed by atoms with Crippen molar-refractivity contribution in [3.63, 3.8) is 0 Å². The summed E-state index contributed by atoms with van der Waals surface area (Å²) >= 11 is 3.18. The summed E-state index contributed by atoms with van der Waals surface area (Å²) in [6, 6.07) is 8.40. The molecule has 16 heavy (non-hydrogen) atoms. The summed E-state index contributed by atoms with van der Waals surface area (Å²) in [6.45, 7) is 3.04. The number of aryl methyl sites for hydroxylation is 1. The smallest absolute Gasteiger partial charge is 0.169 e. The van der Waals surface area contributed by atoms with E-state index in [1.807, 2.05) is 0 Å². The van der Waals surface area contributed by atoms with Crippen molar-refractivity contribution in [1.29, 1.82) is 0 Å². The van der Waals surface area contributed by atoms with E-state index >= 15 is 0 Å². The Morgan fingerprint density at radius 1 is 1.44 bits per heavy atom. The van der Waals surface area contributed by atoms with Crippen LogP contribution in [0.5, 0.6) is 0 Å². The van der Waals surface area contributed by atoms with E-state index in [2.05, 4.69) is 45.9 Å². The molecule has 0 saturated heterocycles. The predicted molar refractivity (Wildman–Crippen MR) is 70.3 cm³/mol. The number of nitrogens with one attached hydrogen (secondary N) is 1. The Bertz CT molecular complexity index is 429. The van der Waals surface area contributed by atoms with Gasteiger partial charge >= 0.3 is 0 Å². The minimum Gasteiger partial charge on any atom is -0.384 e. The largest absolute Gasteiger partial charge is 0.384 e. The van der Waals surface area contributed by atoms with Gasteiger partial charge in [-0.1, -0.05) is 23.9 Å². The van der Waals surface area contributed by atoms with Crippen LogP contribution in [0.1, 0.15) is 5.56 Å². The topological polar surface area (TPSA) is 37.8 Å². The van der Waals surface area contributed by atoms with Gasteiger partial charge in [0.1, 0.15) is 6.33 Å². The van der Waals surface area contributed by atoms with E-state index in [-0.39, 0.29) is 0 Å². The second-order valence-corrected chi connectivity index (χ2v) is 5.47. The maximum atomic E-state index is 4.12. The van der Waals surface area contributed by atoms with Gasteiger partial charge in [-0.05, 0) is 36.2 Å². The first kappa shape index (κ1) is 11.4. The first-order chi connectivity index (χ1) is 7.84. The van der Waals surface area contributed by atoms with Crippen LogP contribution in [0.2, 0.25) is 0 Å². The van der Waals surface area contributed by atoms with Crippen LogP contribution in [0.15, 0.2) is 34.9 Å². The molecule has 0 amide bonds. The quantitative estimate of drug-likeness (QED) is 0.654. The highest BCUT2D eigenvalue weighted by atomic mass is 32.2. The van der Waals surface area contributed by atoms with Gasteiger partial charge in [0.25, 0.3) is 0 Å². The Morgan fingerprint density at radius 3 is 3.12 bits per heavy atom. The van der Waals surface area contributed by atoms with Crippen molar-refractivity contribution in [1.82, 2.24) is 9.36 Å². The Balaban J connectivity index is 1.72. The fourth-order valence-electron chi connectivity index (χ4n) is 1.32. The van der Waals surface area contributed by atoms with Crippen molar-refractivity contribution >= 4 is 29.0 Å². The molecule has 2 aromatic rings. The number of aromatic nitrogens is 2. The molecule has 1 aromatic carbocycles. The number of thioether (sulfide) groups is 1. The summed E-state index contributed by atoms with van der Waals surface area (Å²) in [5.41, 5.74) is 2.46. The number of anilines is 1. The minimum atomic E-state index is 0.938. The number of hydrogen-bond acceptors (Lipinski definition) is 5. The first-order valence-corrected chi connectivity index (χ1v) is 6.80. The molecule has 84 valence electrons. The molecule has 0 aliphatic carbocycles. The first-order valence-electron chi connectivity index (χ1n) is 5.04. The molecule has 3 nitrogen and oxygen atoms in total. The average molecular weight is 251 g/mol. The molecule has 1 N–H and O–H groups in total. The molecule has 1 aromatic heterocycles. The van der Waals surface area contributed by atoms with Crippen molar-refractivity contribution in [3.8, 4) is 0 Å². The van der Waals surface area contributed by atoms with Crippen LogP contribution in [0, 0.1) is 6.92 Å². The number of nitrogens with zero attached hydrogens (tertiary/aromatic N) is 2. The highest BCUT2D eigenvalue weighted by molar-refractivity contribution is 8.00. The molecule has 0 radical (unpaired) electrons. The third kappa shape index (κ3) is 3.50. The number of benzene rings is 1. The summed E-state index contributed by atoms with van der Waals surface area (Å²) in [4.78, 5) is 4.12. The predicted octanol–water partition coefficient (Wildman–Crippen LogP) is 3.05. The monoisotopic (exact) mass is 251 g/mol. The molecular formula is C11H13N3S2. The van der Waals surface area contributed by atoms with Crippen molar-refractivity contribution in [2.75, 3.05) is 17.6 Å². The van der Waals surface area contributed by atoms with Gasteiger partial charge in [-0.25, -0.2) is 4.98 Å². The maximum absolute atomic E-state index is 4.12. The van der Waals surface area contributed by atoms with Gasteiger partial charge in [0, 0.05) is 18.0 Å². The SMILES string of the molecule is Cc1cccc(NCCSc2ncns2)c1. The highest BCUT2D eigenvalue weighted by Gasteiger charge is 1.97. The molecule has 0 aliphatic rings. The molecule has 1 heterocycles. The van der Waals surface area contributed by atoms with Crippen molar-refractivity contribution in [2.24, 2.45) is 0 Å². The summed E-state index contributed by atoms with van der Waals surface area (Å²) in [6.07, 6.45) is 1.60. The summed E-state index contributed by atoms with van der Waals surface area (Å²) < 4.78 is 4.99. The zero-order chi connectivity index (χ0) is 11.2. The minimum absolute atomic E-state index is 0.938. The molecule has 0 saturated carbocycles. The van der Waals surface area contributed by atoms with Crippen LogP contribution >= 0.6 is 23.3 Å². The lowest BCUT2D eigenvalue weighted by molar-refractivity contribution is 1.19. The third-order valence-corrected chi connectivity index (χ3v) is 3.81. The average Bonchev–Trinajstić information content (AvgIpc) is 2.77. The molecule has 0 spiro atoms. The summed E-state index contributed by atoms with van der Waals surface area (Å²) in [7, 11) is 0. The van der Waals surface area contributed by atoms with Gasteiger partial charge in [-0.2, -0.15) is 4.37 Å². The number of rotatable bonds is 5. The van der Waals surface area contributed by atoms with Gasteiger partial charge in [0.15, 0.2) is 4.34 Å². The molecule has 0 unspecified atom stereocenters. The van der Waals surface area contributed by atoms with E-state index in [0.29, 0.717) is 0 Å². The molecule has 0 atom stereocenters. The Hall–Kier alpha value is -1.07. The molecule has 0 bridgehead atoms. The standard InChI is InChI=1S/C11H13N3S2/c1-9-3-2-4-10(7-9)12-5-6-15-11-13-8-14-16-11/h2-4,7-8,12H,5-6H2,1H3. The van der Waals surface area contributed by atoms with E-state index in [4.69, 9.17) is 0 Å². The van der Waals surface area contributed by atoms with Crippen LogP contribution in [0.3, 0.4) is 0 Å². The zero-order valence-corrected chi connectivity index (χ0v) is 10.6. The van der Waals surface area contributed by atoms with Crippen LogP contribution in [0.25, 0.3) is 0 Å². The fourth-order valence-corrected chi connectivity index (χ4v) is 2.68. The van der Waals surface area contributed by atoms with E-state index in [0.717, 1.165) is 16.6 Å². The second-order valence-electron chi connectivity index (χ2n) is 3.35. The lowest BCUT2D eigenvalue weighted by Gasteiger charge is -2.05. The van der Waals surface area contributed by atoms with Gasteiger partial charge in [0.05, 0.1) is 0 Å². The van der Waals surface area contributed by atoms with Crippen LogP contribution in [0.4, 0.5) is 5.69 Å². The van der Waals surface area contributed by atoms with Gasteiger partial charge < -0.3 is 5.32 Å². The Kier molecular flexibility index (Phi) is 4.18. The molecule has 0 fully saturated rings. The van der Waals surface area contributed by atoms with Crippen LogP contribution < -0.4 is 5.32 Å². The summed E-state index contributed by atoms with van der Waals surface area (Å²) in [5.74, 6) is 1.00. The number of hydrogen-bond donors (Lipinski definition) is 1. The van der Waals surface area contributed by atoms with Crippen molar-refractivity contribution in [2.45, 2.75) is 11.3 Å². The Labute approximate surface area is 103 Å². The maximum Gasteiger partial charge on any atom is 0.169 e. The lowest BCUT2D eigenvalue weighted by atomic mass is 10.2. The third-order valence-electron chi connectivity index (χ3n) is 2.02. The normalized spacial score (nSPS) is 10.3. The van der Waals surface area contributed by atoms with E-state index < -0.39 is 0 Å². The fraction of sp³-hybridized carbons (Fsp3) is 0.273. The van der Waals surface area contributed by atoms with E-state index in [1.54, 1.807) is 18.1 Å².